The highest BCUT2D eigenvalue weighted by Crippen LogP contribution is 2.24. The number of hydrogen-bond donors (Lipinski definition) is 2. The molecule has 0 aliphatic heterocycles. The zero-order valence-corrected chi connectivity index (χ0v) is 15.8. The number of anilines is 1. The van der Waals surface area contributed by atoms with Crippen LogP contribution in [0, 0.1) is 0 Å². The molecule has 3 aromatic rings. The predicted octanol–water partition coefficient (Wildman–Crippen LogP) is 3.78. The lowest BCUT2D eigenvalue weighted by molar-refractivity contribution is 0.0946. The third-order valence-corrected chi connectivity index (χ3v) is 4.29. The van der Waals surface area contributed by atoms with Crippen LogP contribution >= 0.6 is 0 Å². The predicted molar refractivity (Wildman–Crippen MR) is 108 cm³/mol. The molecular formula is C22H22N4O2. The Balaban J connectivity index is 1.70. The zero-order chi connectivity index (χ0) is 19.9. The monoisotopic (exact) mass is 374 g/mol. The number of carbonyl (C=O) groups excluding carboxylic acids is 2. The summed E-state index contributed by atoms with van der Waals surface area (Å²) in [7, 11) is 0. The molecule has 0 bridgehead atoms. The standard InChI is InChI=1S/C22H22N4O2/c1-15(2)18-5-3-4-6-19(18)26-21(27)17-9-12-24-20(13-17)22(28)25-14-16-7-10-23-11-8-16/h3-13,15H,14H2,1-2H3,(H,25,28)(H,26,27). The minimum Gasteiger partial charge on any atom is -0.347 e. The van der Waals surface area contributed by atoms with Gasteiger partial charge in [-0.05, 0) is 47.4 Å². The first-order valence-electron chi connectivity index (χ1n) is 9.08. The molecule has 2 heterocycles. The third kappa shape index (κ3) is 4.79. The smallest absolute Gasteiger partial charge is 0.270 e. The highest BCUT2D eigenvalue weighted by molar-refractivity contribution is 6.06. The van der Waals surface area contributed by atoms with Gasteiger partial charge in [-0.15, -0.1) is 0 Å². The fraction of sp³-hybridized carbons (Fsp3) is 0.182. The fourth-order valence-corrected chi connectivity index (χ4v) is 2.78. The van der Waals surface area contributed by atoms with Gasteiger partial charge in [0.25, 0.3) is 11.8 Å². The van der Waals surface area contributed by atoms with Gasteiger partial charge in [-0.2, -0.15) is 0 Å². The molecule has 0 spiro atoms. The number of rotatable bonds is 6. The Bertz CT molecular complexity index is 971. The molecule has 3 rings (SSSR count). The minimum absolute atomic E-state index is 0.193. The van der Waals surface area contributed by atoms with Crippen LogP contribution < -0.4 is 10.6 Å². The maximum atomic E-state index is 12.7. The van der Waals surface area contributed by atoms with Gasteiger partial charge in [-0.3, -0.25) is 19.6 Å². The van der Waals surface area contributed by atoms with E-state index >= 15 is 0 Å². The van der Waals surface area contributed by atoms with Gasteiger partial charge in [0.05, 0.1) is 0 Å². The molecule has 1 aromatic carbocycles. The quantitative estimate of drug-likeness (QED) is 0.688. The molecule has 0 aliphatic rings. The number of hydrogen-bond acceptors (Lipinski definition) is 4. The Hall–Kier alpha value is -3.54. The van der Waals surface area contributed by atoms with Crippen LogP contribution in [0.4, 0.5) is 5.69 Å². The van der Waals surface area contributed by atoms with Crippen molar-refractivity contribution in [2.24, 2.45) is 0 Å². The Morgan fingerprint density at radius 3 is 2.46 bits per heavy atom. The molecule has 0 atom stereocenters. The van der Waals surface area contributed by atoms with E-state index in [0.29, 0.717) is 12.1 Å². The molecule has 0 unspecified atom stereocenters. The summed E-state index contributed by atoms with van der Waals surface area (Å²) >= 11 is 0. The molecule has 2 amide bonds. The molecule has 142 valence electrons. The van der Waals surface area contributed by atoms with Gasteiger partial charge in [0.1, 0.15) is 5.69 Å². The zero-order valence-electron chi connectivity index (χ0n) is 15.8. The summed E-state index contributed by atoms with van der Waals surface area (Å²) in [5.41, 5.74) is 3.33. The lowest BCUT2D eigenvalue weighted by atomic mass is 10.0. The van der Waals surface area contributed by atoms with Crippen molar-refractivity contribution in [2.45, 2.75) is 26.3 Å². The number of nitrogens with one attached hydrogen (secondary N) is 2. The molecule has 28 heavy (non-hydrogen) atoms. The average Bonchev–Trinajstić information content (AvgIpc) is 2.73. The van der Waals surface area contributed by atoms with E-state index in [4.69, 9.17) is 0 Å². The topological polar surface area (TPSA) is 84.0 Å². The van der Waals surface area contributed by atoms with Gasteiger partial charge in [-0.25, -0.2) is 0 Å². The van der Waals surface area contributed by atoms with E-state index in [0.717, 1.165) is 16.8 Å². The second-order valence-electron chi connectivity index (χ2n) is 6.66. The Morgan fingerprint density at radius 1 is 0.964 bits per heavy atom. The van der Waals surface area contributed by atoms with Crippen LogP contribution in [-0.2, 0) is 6.54 Å². The maximum absolute atomic E-state index is 12.7. The number of amides is 2. The van der Waals surface area contributed by atoms with Crippen LogP contribution in [0.5, 0.6) is 0 Å². The van der Waals surface area contributed by atoms with Crippen molar-refractivity contribution in [3.63, 3.8) is 0 Å². The van der Waals surface area contributed by atoms with Gasteiger partial charge < -0.3 is 10.6 Å². The Morgan fingerprint density at radius 2 is 1.71 bits per heavy atom. The summed E-state index contributed by atoms with van der Waals surface area (Å²) in [6.45, 7) is 4.51. The SMILES string of the molecule is CC(C)c1ccccc1NC(=O)c1ccnc(C(=O)NCc2ccncc2)c1. The molecule has 2 aromatic heterocycles. The van der Waals surface area contributed by atoms with Crippen LogP contribution in [0.1, 0.15) is 51.7 Å². The fourth-order valence-electron chi connectivity index (χ4n) is 2.78. The largest absolute Gasteiger partial charge is 0.347 e. The summed E-state index contributed by atoms with van der Waals surface area (Å²) in [6, 6.07) is 14.4. The Labute approximate surface area is 164 Å². The molecule has 6 nitrogen and oxygen atoms in total. The number of nitrogens with zero attached hydrogens (tertiary/aromatic N) is 2. The highest BCUT2D eigenvalue weighted by Gasteiger charge is 2.14. The molecule has 0 radical (unpaired) electrons. The van der Waals surface area contributed by atoms with Gasteiger partial charge in [0.15, 0.2) is 0 Å². The number of pyridine rings is 2. The van der Waals surface area contributed by atoms with E-state index in [1.807, 2.05) is 36.4 Å². The normalized spacial score (nSPS) is 10.5. The summed E-state index contributed by atoms with van der Waals surface area (Å²) < 4.78 is 0. The summed E-state index contributed by atoms with van der Waals surface area (Å²) in [4.78, 5) is 33.1. The van der Waals surface area contributed by atoms with Crippen molar-refractivity contribution >= 4 is 17.5 Å². The van der Waals surface area contributed by atoms with Crippen molar-refractivity contribution in [3.05, 3.63) is 89.5 Å². The molecule has 0 saturated carbocycles. The van der Waals surface area contributed by atoms with Gasteiger partial charge in [-0.1, -0.05) is 32.0 Å². The Kier molecular flexibility index (Phi) is 6.11. The number of carbonyl (C=O) groups is 2. The van der Waals surface area contributed by atoms with Crippen molar-refractivity contribution in [1.29, 1.82) is 0 Å². The first-order valence-corrected chi connectivity index (χ1v) is 9.08. The van der Waals surface area contributed by atoms with Crippen LogP contribution in [0.3, 0.4) is 0 Å². The summed E-state index contributed by atoms with van der Waals surface area (Å²) in [5.74, 6) is -0.337. The minimum atomic E-state index is -0.339. The molecular weight excluding hydrogens is 352 g/mol. The lowest BCUT2D eigenvalue weighted by Gasteiger charge is -2.13. The molecule has 0 saturated heterocycles. The lowest BCUT2D eigenvalue weighted by Crippen LogP contribution is -2.24. The molecule has 0 fully saturated rings. The van der Waals surface area contributed by atoms with Crippen LogP contribution in [0.25, 0.3) is 0 Å². The van der Waals surface area contributed by atoms with E-state index in [9.17, 15) is 9.59 Å². The van der Waals surface area contributed by atoms with Crippen molar-refractivity contribution in [3.8, 4) is 0 Å². The molecule has 2 N–H and O–H groups in total. The van der Waals surface area contributed by atoms with Crippen molar-refractivity contribution in [2.75, 3.05) is 5.32 Å². The van der Waals surface area contributed by atoms with Crippen molar-refractivity contribution < 1.29 is 9.59 Å². The van der Waals surface area contributed by atoms with Gasteiger partial charge in [0.2, 0.25) is 0 Å². The summed E-state index contributed by atoms with van der Waals surface area (Å²) in [5, 5.41) is 5.72. The van der Waals surface area contributed by atoms with E-state index < -0.39 is 0 Å². The third-order valence-electron chi connectivity index (χ3n) is 4.29. The molecule has 0 aliphatic carbocycles. The maximum Gasteiger partial charge on any atom is 0.270 e. The first kappa shape index (κ1) is 19.2. The highest BCUT2D eigenvalue weighted by atomic mass is 16.2. The van der Waals surface area contributed by atoms with E-state index in [2.05, 4.69) is 34.4 Å². The van der Waals surface area contributed by atoms with Gasteiger partial charge in [0, 0.05) is 36.4 Å². The summed E-state index contributed by atoms with van der Waals surface area (Å²) in [6.07, 6.45) is 4.80. The van der Waals surface area contributed by atoms with Crippen LogP contribution in [0.2, 0.25) is 0 Å². The second-order valence-corrected chi connectivity index (χ2v) is 6.66. The van der Waals surface area contributed by atoms with Crippen LogP contribution in [-0.4, -0.2) is 21.8 Å². The van der Waals surface area contributed by atoms with Crippen molar-refractivity contribution in [1.82, 2.24) is 15.3 Å². The van der Waals surface area contributed by atoms with Crippen LogP contribution in [0.15, 0.2) is 67.1 Å². The number of para-hydroxylation sites is 1. The number of benzene rings is 1. The van der Waals surface area contributed by atoms with E-state index in [1.54, 1.807) is 18.5 Å². The van der Waals surface area contributed by atoms with E-state index in [-0.39, 0.29) is 23.4 Å². The average molecular weight is 374 g/mol. The second kappa shape index (κ2) is 8.90. The molecule has 6 heteroatoms. The first-order chi connectivity index (χ1) is 13.5. The number of aromatic nitrogens is 2. The van der Waals surface area contributed by atoms with E-state index in [1.165, 1.54) is 12.3 Å². The van der Waals surface area contributed by atoms with Gasteiger partial charge >= 0.3 is 0 Å².